The summed E-state index contributed by atoms with van der Waals surface area (Å²) in [7, 11) is 0. The van der Waals surface area contributed by atoms with Crippen LogP contribution in [0.2, 0.25) is 0 Å². The third-order valence-electron chi connectivity index (χ3n) is 4.21. The van der Waals surface area contributed by atoms with Gasteiger partial charge in [0.05, 0.1) is 18.8 Å². The third kappa shape index (κ3) is 5.64. The maximum atomic E-state index is 12.6. The Bertz CT molecular complexity index is 775. The summed E-state index contributed by atoms with van der Waals surface area (Å²) in [6.45, 7) is 4.81. The number of aromatic nitrogens is 2. The van der Waals surface area contributed by atoms with Gasteiger partial charge in [-0.15, -0.1) is 10.2 Å². The molecule has 0 radical (unpaired) electrons. The Labute approximate surface area is 159 Å². The number of rotatable bonds is 6. The number of alkyl halides is 3. The molecule has 150 valence electrons. The molecule has 7 nitrogen and oxygen atoms in total. The Morgan fingerprint density at radius 3 is 2.39 bits per heavy atom. The molecule has 0 aliphatic carbocycles. The van der Waals surface area contributed by atoms with E-state index in [0.29, 0.717) is 12.4 Å². The van der Waals surface area contributed by atoms with Crippen molar-refractivity contribution >= 4 is 17.4 Å². The monoisotopic (exact) mass is 395 g/mol. The number of carbonyl (C=O) groups excluding carboxylic acids is 1. The SMILES string of the molecule is O=C(Nc1ccc(C(F)(F)F)cc1)c1ccc(NCCN2CCOCC2)nn1. The Balaban J connectivity index is 1.49. The van der Waals surface area contributed by atoms with Gasteiger partial charge in [0.1, 0.15) is 5.82 Å². The minimum absolute atomic E-state index is 0.0682. The smallest absolute Gasteiger partial charge is 0.379 e. The molecular formula is C18H20F3N5O2. The molecule has 2 N–H and O–H groups in total. The van der Waals surface area contributed by atoms with Gasteiger partial charge in [-0.1, -0.05) is 0 Å². The number of anilines is 2. The normalized spacial score (nSPS) is 15.2. The molecular weight excluding hydrogens is 375 g/mol. The summed E-state index contributed by atoms with van der Waals surface area (Å²) in [6.07, 6.45) is -4.42. The van der Waals surface area contributed by atoms with Gasteiger partial charge in [-0.2, -0.15) is 13.2 Å². The van der Waals surface area contributed by atoms with Gasteiger partial charge in [0.15, 0.2) is 5.69 Å². The molecule has 1 aliphatic rings. The van der Waals surface area contributed by atoms with Gasteiger partial charge in [0.25, 0.3) is 5.91 Å². The Kier molecular flexibility index (Phi) is 6.42. The average molecular weight is 395 g/mol. The number of benzene rings is 1. The molecule has 0 bridgehead atoms. The van der Waals surface area contributed by atoms with Crippen LogP contribution in [0, 0.1) is 0 Å². The van der Waals surface area contributed by atoms with Gasteiger partial charge in [0.2, 0.25) is 0 Å². The van der Waals surface area contributed by atoms with E-state index >= 15 is 0 Å². The second-order valence-corrected chi connectivity index (χ2v) is 6.21. The van der Waals surface area contributed by atoms with Crippen LogP contribution in [0.4, 0.5) is 24.7 Å². The molecule has 28 heavy (non-hydrogen) atoms. The van der Waals surface area contributed by atoms with Crippen LogP contribution >= 0.6 is 0 Å². The van der Waals surface area contributed by atoms with Gasteiger partial charge >= 0.3 is 6.18 Å². The Hall–Kier alpha value is -2.72. The highest BCUT2D eigenvalue weighted by atomic mass is 19.4. The fourth-order valence-electron chi connectivity index (χ4n) is 2.65. The van der Waals surface area contributed by atoms with E-state index in [1.54, 1.807) is 6.07 Å². The molecule has 1 aliphatic heterocycles. The number of carbonyl (C=O) groups is 1. The minimum atomic E-state index is -4.42. The lowest BCUT2D eigenvalue weighted by molar-refractivity contribution is -0.137. The van der Waals surface area contributed by atoms with Crippen molar-refractivity contribution in [3.63, 3.8) is 0 Å². The number of amides is 1. The molecule has 0 spiro atoms. The Morgan fingerprint density at radius 2 is 1.79 bits per heavy atom. The molecule has 2 aromatic rings. The number of ether oxygens (including phenoxy) is 1. The van der Waals surface area contributed by atoms with Crippen molar-refractivity contribution in [2.75, 3.05) is 50.0 Å². The van der Waals surface area contributed by atoms with Crippen molar-refractivity contribution in [3.8, 4) is 0 Å². The number of nitrogens with one attached hydrogen (secondary N) is 2. The third-order valence-corrected chi connectivity index (χ3v) is 4.21. The second-order valence-electron chi connectivity index (χ2n) is 6.21. The highest BCUT2D eigenvalue weighted by molar-refractivity contribution is 6.02. The molecule has 1 fully saturated rings. The predicted octanol–water partition coefficient (Wildman–Crippen LogP) is 2.49. The predicted molar refractivity (Wildman–Crippen MR) is 97.2 cm³/mol. The summed E-state index contributed by atoms with van der Waals surface area (Å²) in [5.41, 5.74) is -0.469. The number of hydrogen-bond donors (Lipinski definition) is 2. The quantitative estimate of drug-likeness (QED) is 0.783. The van der Waals surface area contributed by atoms with Crippen molar-refractivity contribution in [1.29, 1.82) is 0 Å². The standard InChI is InChI=1S/C18H20F3N5O2/c19-18(20,21)13-1-3-14(4-2-13)23-17(27)15-5-6-16(25-24-15)22-7-8-26-9-11-28-12-10-26/h1-6H,7-12H2,(H,22,25)(H,23,27). The van der Waals surface area contributed by atoms with Crippen LogP contribution in [0.15, 0.2) is 36.4 Å². The molecule has 0 saturated carbocycles. The van der Waals surface area contributed by atoms with Crippen LogP contribution in [0.5, 0.6) is 0 Å². The summed E-state index contributed by atoms with van der Waals surface area (Å²) in [5, 5.41) is 13.4. The summed E-state index contributed by atoms with van der Waals surface area (Å²) in [5.74, 6) is -0.00790. The van der Waals surface area contributed by atoms with Crippen molar-refractivity contribution in [1.82, 2.24) is 15.1 Å². The van der Waals surface area contributed by atoms with E-state index in [9.17, 15) is 18.0 Å². The van der Waals surface area contributed by atoms with Crippen molar-refractivity contribution in [2.45, 2.75) is 6.18 Å². The maximum absolute atomic E-state index is 12.6. The van der Waals surface area contributed by atoms with Gasteiger partial charge in [-0.05, 0) is 36.4 Å². The van der Waals surface area contributed by atoms with Gasteiger partial charge in [0, 0.05) is 31.9 Å². The van der Waals surface area contributed by atoms with Crippen LogP contribution < -0.4 is 10.6 Å². The first-order valence-electron chi connectivity index (χ1n) is 8.78. The second kappa shape index (κ2) is 8.98. The summed E-state index contributed by atoms with van der Waals surface area (Å²) in [4.78, 5) is 14.4. The van der Waals surface area contributed by atoms with E-state index in [1.807, 2.05) is 0 Å². The zero-order chi connectivity index (χ0) is 20.0. The molecule has 1 aromatic heterocycles. The van der Waals surface area contributed by atoms with Crippen LogP contribution in [0.3, 0.4) is 0 Å². The van der Waals surface area contributed by atoms with E-state index in [2.05, 4.69) is 25.7 Å². The molecule has 1 aromatic carbocycles. The fraction of sp³-hybridized carbons (Fsp3) is 0.389. The number of hydrogen-bond acceptors (Lipinski definition) is 6. The molecule has 0 unspecified atom stereocenters. The van der Waals surface area contributed by atoms with Crippen LogP contribution in [0.1, 0.15) is 16.1 Å². The molecule has 3 rings (SSSR count). The van der Waals surface area contributed by atoms with Crippen molar-refractivity contribution < 1.29 is 22.7 Å². The lowest BCUT2D eigenvalue weighted by Crippen LogP contribution is -2.39. The largest absolute Gasteiger partial charge is 0.416 e. The van der Waals surface area contributed by atoms with Crippen LogP contribution in [-0.2, 0) is 10.9 Å². The van der Waals surface area contributed by atoms with E-state index in [0.717, 1.165) is 45.0 Å². The topological polar surface area (TPSA) is 79.4 Å². The number of nitrogens with zero attached hydrogens (tertiary/aromatic N) is 3. The van der Waals surface area contributed by atoms with Crippen molar-refractivity contribution in [2.24, 2.45) is 0 Å². The minimum Gasteiger partial charge on any atom is -0.379 e. The van der Waals surface area contributed by atoms with E-state index < -0.39 is 17.6 Å². The highest BCUT2D eigenvalue weighted by Gasteiger charge is 2.30. The zero-order valence-corrected chi connectivity index (χ0v) is 15.0. The number of halogens is 3. The molecule has 2 heterocycles. The Morgan fingerprint density at radius 1 is 1.07 bits per heavy atom. The first-order valence-corrected chi connectivity index (χ1v) is 8.78. The average Bonchev–Trinajstić information content (AvgIpc) is 2.69. The lowest BCUT2D eigenvalue weighted by Gasteiger charge is -2.26. The van der Waals surface area contributed by atoms with Crippen LogP contribution in [0.25, 0.3) is 0 Å². The van der Waals surface area contributed by atoms with Gasteiger partial charge in [-0.25, -0.2) is 0 Å². The molecule has 0 atom stereocenters. The summed E-state index contributed by atoms with van der Waals surface area (Å²) in [6, 6.07) is 7.33. The van der Waals surface area contributed by atoms with E-state index in [-0.39, 0.29) is 11.4 Å². The first kappa shape index (κ1) is 20.0. The molecule has 10 heteroatoms. The molecule has 1 amide bonds. The van der Waals surface area contributed by atoms with Gasteiger partial charge in [-0.3, -0.25) is 9.69 Å². The summed E-state index contributed by atoms with van der Waals surface area (Å²) >= 11 is 0. The maximum Gasteiger partial charge on any atom is 0.416 e. The number of morpholine rings is 1. The molecule has 1 saturated heterocycles. The van der Waals surface area contributed by atoms with Crippen LogP contribution in [-0.4, -0.2) is 60.4 Å². The summed E-state index contributed by atoms with van der Waals surface area (Å²) < 4.78 is 43.0. The first-order chi connectivity index (χ1) is 13.4. The lowest BCUT2D eigenvalue weighted by atomic mass is 10.2. The van der Waals surface area contributed by atoms with E-state index in [4.69, 9.17) is 4.74 Å². The van der Waals surface area contributed by atoms with Gasteiger partial charge < -0.3 is 15.4 Å². The fourth-order valence-corrected chi connectivity index (χ4v) is 2.65. The van der Waals surface area contributed by atoms with E-state index in [1.165, 1.54) is 18.2 Å². The zero-order valence-electron chi connectivity index (χ0n) is 15.0. The van der Waals surface area contributed by atoms with Crippen molar-refractivity contribution in [3.05, 3.63) is 47.7 Å². The highest BCUT2D eigenvalue weighted by Crippen LogP contribution is 2.29.